The molecule has 1 aromatic carbocycles. The summed E-state index contributed by atoms with van der Waals surface area (Å²) < 4.78 is 4.25. The Morgan fingerprint density at radius 2 is 1.50 bits per heavy atom. The lowest BCUT2D eigenvalue weighted by molar-refractivity contribution is 0.277. The molecule has 0 fully saturated rings. The molecule has 2 rings (SSSR count). The highest BCUT2D eigenvalue weighted by molar-refractivity contribution is 6.15. The Balaban J connectivity index is -0.000000645. The molecule has 2 aromatic rings. The molecule has 0 saturated heterocycles. The van der Waals surface area contributed by atoms with Gasteiger partial charge in [-0.15, -0.1) is 13.2 Å². The fraction of sp³-hybridized carbons (Fsp3) is 0.419. The van der Waals surface area contributed by atoms with Gasteiger partial charge in [-0.1, -0.05) is 88.6 Å². The first-order valence-corrected chi connectivity index (χ1v) is 12.7. The van der Waals surface area contributed by atoms with Gasteiger partial charge in [0.1, 0.15) is 5.82 Å². The fourth-order valence-corrected chi connectivity index (χ4v) is 2.50. The highest BCUT2D eigenvalue weighted by Crippen LogP contribution is 2.23. The summed E-state index contributed by atoms with van der Waals surface area (Å²) >= 11 is 0. The number of allylic oxidation sites excluding steroid dienone is 3. The zero-order valence-electron chi connectivity index (χ0n) is 24.2. The SMILES string of the molecule is C=CC.C=CC.CCCCC.CCCNc1nccc(NC)c1C(=N)/C=C/c1ccccc1.COC. The summed E-state index contributed by atoms with van der Waals surface area (Å²) in [5, 5.41) is 14.8. The molecular formula is C31H52N4O. The van der Waals surface area contributed by atoms with Crippen LogP contribution in [0.25, 0.3) is 6.08 Å². The molecule has 0 unspecified atom stereocenters. The molecule has 0 radical (unpaired) electrons. The number of nitrogens with zero attached hydrogens (tertiary/aromatic N) is 1. The molecule has 0 saturated carbocycles. The molecule has 0 spiro atoms. The molecule has 202 valence electrons. The lowest BCUT2D eigenvalue weighted by Crippen LogP contribution is -2.10. The van der Waals surface area contributed by atoms with Crippen molar-refractivity contribution in [1.29, 1.82) is 5.41 Å². The molecule has 0 aliphatic heterocycles. The van der Waals surface area contributed by atoms with Gasteiger partial charge >= 0.3 is 0 Å². The average Bonchev–Trinajstić information content (AvgIpc) is 2.88. The summed E-state index contributed by atoms with van der Waals surface area (Å²) in [7, 11) is 5.11. The topological polar surface area (TPSA) is 70.0 Å². The van der Waals surface area contributed by atoms with Gasteiger partial charge in [0, 0.05) is 39.7 Å². The third kappa shape index (κ3) is 21.4. The van der Waals surface area contributed by atoms with E-state index in [1.54, 1.807) is 32.6 Å². The number of nitrogens with one attached hydrogen (secondary N) is 3. The van der Waals surface area contributed by atoms with Gasteiger partial charge in [-0.05, 0) is 38.0 Å². The van der Waals surface area contributed by atoms with Crippen molar-refractivity contribution in [2.45, 2.75) is 60.3 Å². The van der Waals surface area contributed by atoms with E-state index in [0.29, 0.717) is 5.71 Å². The van der Waals surface area contributed by atoms with E-state index in [4.69, 9.17) is 5.41 Å². The summed E-state index contributed by atoms with van der Waals surface area (Å²) in [4.78, 5) is 4.38. The predicted octanol–water partition coefficient (Wildman–Crippen LogP) is 8.87. The number of benzene rings is 1. The Bertz CT molecular complexity index is 793. The second kappa shape index (κ2) is 29.9. The van der Waals surface area contributed by atoms with Crippen molar-refractivity contribution in [3.63, 3.8) is 0 Å². The molecule has 1 heterocycles. The Morgan fingerprint density at radius 3 is 1.92 bits per heavy atom. The van der Waals surface area contributed by atoms with Crippen molar-refractivity contribution in [2.75, 3.05) is 38.4 Å². The summed E-state index contributed by atoms with van der Waals surface area (Å²) in [6.45, 7) is 17.9. The van der Waals surface area contributed by atoms with Crippen LogP contribution in [0.1, 0.15) is 71.4 Å². The van der Waals surface area contributed by atoms with Gasteiger partial charge in [-0.2, -0.15) is 0 Å². The molecule has 0 atom stereocenters. The Kier molecular flexibility index (Phi) is 31.0. The number of hydrogen-bond donors (Lipinski definition) is 3. The highest BCUT2D eigenvalue weighted by Gasteiger charge is 2.12. The van der Waals surface area contributed by atoms with Crippen LogP contribution in [0, 0.1) is 5.41 Å². The van der Waals surface area contributed by atoms with E-state index in [2.05, 4.69) is 54.3 Å². The van der Waals surface area contributed by atoms with E-state index >= 15 is 0 Å². The Hall–Kier alpha value is -3.18. The van der Waals surface area contributed by atoms with Crippen molar-refractivity contribution in [2.24, 2.45) is 0 Å². The molecule has 0 amide bonds. The van der Waals surface area contributed by atoms with Crippen LogP contribution in [-0.2, 0) is 4.74 Å². The Morgan fingerprint density at radius 1 is 0.972 bits per heavy atom. The second-order valence-corrected chi connectivity index (χ2v) is 7.49. The third-order valence-corrected chi connectivity index (χ3v) is 3.98. The summed E-state index contributed by atoms with van der Waals surface area (Å²) in [5.41, 5.74) is 3.20. The molecule has 5 heteroatoms. The van der Waals surface area contributed by atoms with Gasteiger partial charge in [0.25, 0.3) is 0 Å². The van der Waals surface area contributed by atoms with E-state index in [0.717, 1.165) is 35.6 Å². The second-order valence-electron chi connectivity index (χ2n) is 7.49. The van der Waals surface area contributed by atoms with Crippen molar-refractivity contribution in [3.8, 4) is 0 Å². The zero-order valence-corrected chi connectivity index (χ0v) is 24.2. The van der Waals surface area contributed by atoms with Crippen LogP contribution in [0.4, 0.5) is 11.5 Å². The van der Waals surface area contributed by atoms with Crippen LogP contribution in [0.2, 0.25) is 0 Å². The van der Waals surface area contributed by atoms with Crippen molar-refractivity contribution in [3.05, 3.63) is 85.1 Å². The average molecular weight is 497 g/mol. The lowest BCUT2D eigenvalue weighted by atomic mass is 10.1. The Labute approximate surface area is 222 Å². The first kappa shape index (κ1) is 37.4. The van der Waals surface area contributed by atoms with E-state index < -0.39 is 0 Å². The summed E-state index contributed by atoms with van der Waals surface area (Å²) in [6.07, 6.45) is 14.1. The van der Waals surface area contributed by atoms with E-state index in [1.165, 1.54) is 19.3 Å². The molecular weight excluding hydrogens is 444 g/mol. The minimum Gasteiger partial charge on any atom is -0.388 e. The van der Waals surface area contributed by atoms with Crippen molar-refractivity contribution >= 4 is 23.3 Å². The standard InChI is InChI=1S/C18H22N4.C5H12.2C3H6.C2H6O/c1-3-12-21-18-17(16(20-2)11-13-22-18)15(19)10-9-14-7-5-4-6-8-14;1-3-5-4-2;3*1-3-2/h4-11,13,19H,3,12H2,1-2H3,(H2,20,21,22);3-5H2,1-2H3;2*3H,1H2,2H3;1-2H3/b10-9+,19-15?;;;;. The van der Waals surface area contributed by atoms with Gasteiger partial charge in [0.05, 0.1) is 11.3 Å². The number of anilines is 2. The van der Waals surface area contributed by atoms with Crippen LogP contribution in [0.3, 0.4) is 0 Å². The van der Waals surface area contributed by atoms with E-state index in [9.17, 15) is 0 Å². The number of ether oxygens (including phenoxy) is 1. The fourth-order valence-electron chi connectivity index (χ4n) is 2.50. The number of rotatable bonds is 9. The molecule has 3 N–H and O–H groups in total. The van der Waals surface area contributed by atoms with E-state index in [1.807, 2.05) is 69.4 Å². The zero-order chi connectivity index (χ0) is 28.0. The molecule has 0 aliphatic rings. The maximum atomic E-state index is 8.39. The molecule has 36 heavy (non-hydrogen) atoms. The minimum atomic E-state index is 0.430. The third-order valence-electron chi connectivity index (χ3n) is 3.98. The predicted molar refractivity (Wildman–Crippen MR) is 165 cm³/mol. The maximum Gasteiger partial charge on any atom is 0.137 e. The number of unbranched alkanes of at least 4 members (excludes halogenated alkanes) is 2. The van der Waals surface area contributed by atoms with Gasteiger partial charge in [0.15, 0.2) is 0 Å². The first-order chi connectivity index (χ1) is 17.4. The number of methoxy groups -OCH3 is 1. The van der Waals surface area contributed by atoms with Gasteiger partial charge in [0.2, 0.25) is 0 Å². The quantitative estimate of drug-likeness (QED) is 0.239. The number of pyridine rings is 1. The van der Waals surface area contributed by atoms with Crippen LogP contribution >= 0.6 is 0 Å². The normalized spacial score (nSPS) is 8.89. The molecule has 5 nitrogen and oxygen atoms in total. The maximum absolute atomic E-state index is 8.39. The lowest BCUT2D eigenvalue weighted by Gasteiger charge is -2.14. The van der Waals surface area contributed by atoms with Crippen LogP contribution < -0.4 is 10.6 Å². The largest absolute Gasteiger partial charge is 0.388 e. The minimum absolute atomic E-state index is 0.430. The van der Waals surface area contributed by atoms with Gasteiger partial charge in [-0.25, -0.2) is 4.98 Å². The first-order valence-electron chi connectivity index (χ1n) is 12.7. The van der Waals surface area contributed by atoms with Crippen molar-refractivity contribution < 1.29 is 4.74 Å². The monoisotopic (exact) mass is 496 g/mol. The van der Waals surface area contributed by atoms with Gasteiger partial charge < -0.3 is 20.8 Å². The summed E-state index contributed by atoms with van der Waals surface area (Å²) in [6, 6.07) is 11.9. The summed E-state index contributed by atoms with van der Waals surface area (Å²) in [5.74, 6) is 0.747. The molecule has 1 aromatic heterocycles. The van der Waals surface area contributed by atoms with Crippen LogP contribution in [0.5, 0.6) is 0 Å². The van der Waals surface area contributed by atoms with Crippen molar-refractivity contribution in [1.82, 2.24) is 4.98 Å². The molecule has 0 aliphatic carbocycles. The highest BCUT2D eigenvalue weighted by atomic mass is 16.4. The molecule has 0 bridgehead atoms. The number of hydrogen-bond acceptors (Lipinski definition) is 5. The van der Waals surface area contributed by atoms with Crippen LogP contribution in [-0.4, -0.2) is 38.5 Å². The van der Waals surface area contributed by atoms with Gasteiger partial charge in [-0.3, -0.25) is 0 Å². The smallest absolute Gasteiger partial charge is 0.137 e. The van der Waals surface area contributed by atoms with Crippen LogP contribution in [0.15, 0.2) is 74.0 Å². The number of aromatic nitrogens is 1. The van der Waals surface area contributed by atoms with E-state index in [-0.39, 0.29) is 0 Å².